The maximum Gasteiger partial charge on any atom is 0.305 e. The van der Waals surface area contributed by atoms with E-state index < -0.39 is 0 Å². The summed E-state index contributed by atoms with van der Waals surface area (Å²) in [6.45, 7) is 1.53. The molecule has 6 heteroatoms. The van der Waals surface area contributed by atoms with E-state index in [2.05, 4.69) is 9.84 Å². The Bertz CT molecular complexity index is 437. The van der Waals surface area contributed by atoms with Crippen LogP contribution in [0.5, 0.6) is 0 Å². The molecule has 2 rings (SSSR count). The van der Waals surface area contributed by atoms with Crippen LogP contribution >= 0.6 is 0 Å². The molecular weight excluding hydrogens is 258 g/mol. The van der Waals surface area contributed by atoms with Gasteiger partial charge in [0.25, 0.3) is 0 Å². The minimum Gasteiger partial charge on any atom is -0.469 e. The van der Waals surface area contributed by atoms with Gasteiger partial charge in [0.2, 0.25) is 5.91 Å². The lowest BCUT2D eigenvalue weighted by atomic mass is 10.0. The number of nitrogens with zero attached hydrogens (tertiary/aromatic N) is 3. The number of hydrogen-bond acceptors (Lipinski definition) is 4. The van der Waals surface area contributed by atoms with Crippen molar-refractivity contribution in [2.24, 2.45) is 0 Å². The molecule has 1 amide bonds. The number of amides is 1. The number of carbonyl (C=O) groups is 2. The summed E-state index contributed by atoms with van der Waals surface area (Å²) in [4.78, 5) is 24.9. The van der Waals surface area contributed by atoms with E-state index in [4.69, 9.17) is 0 Å². The smallest absolute Gasteiger partial charge is 0.305 e. The van der Waals surface area contributed by atoms with Crippen LogP contribution in [0.4, 0.5) is 0 Å². The van der Waals surface area contributed by atoms with Crippen LogP contribution in [0.15, 0.2) is 18.5 Å². The number of aromatic nitrogens is 2. The zero-order valence-electron chi connectivity index (χ0n) is 11.8. The monoisotopic (exact) mass is 279 g/mol. The van der Waals surface area contributed by atoms with Crippen LogP contribution in [0.25, 0.3) is 0 Å². The van der Waals surface area contributed by atoms with Gasteiger partial charge in [0.15, 0.2) is 0 Å². The van der Waals surface area contributed by atoms with Crippen molar-refractivity contribution in [2.45, 2.75) is 38.1 Å². The van der Waals surface area contributed by atoms with Crippen molar-refractivity contribution in [3.05, 3.63) is 18.5 Å². The van der Waals surface area contributed by atoms with Crippen molar-refractivity contribution in [3.63, 3.8) is 0 Å². The quantitative estimate of drug-likeness (QED) is 0.764. The molecule has 6 nitrogen and oxygen atoms in total. The molecule has 0 N–H and O–H groups in total. The molecule has 0 radical (unpaired) electrons. The second-order valence-corrected chi connectivity index (χ2v) is 5.03. The van der Waals surface area contributed by atoms with E-state index >= 15 is 0 Å². The first kappa shape index (κ1) is 14.6. The first-order valence-electron chi connectivity index (χ1n) is 7.04. The Morgan fingerprint density at radius 3 is 2.65 bits per heavy atom. The lowest BCUT2D eigenvalue weighted by Crippen LogP contribution is -2.39. The van der Waals surface area contributed by atoms with Gasteiger partial charge in [-0.3, -0.25) is 14.3 Å². The average Bonchev–Trinajstić information content (AvgIpc) is 3.01. The highest BCUT2D eigenvalue weighted by atomic mass is 16.5. The number of rotatable bonds is 5. The van der Waals surface area contributed by atoms with E-state index in [9.17, 15) is 9.59 Å². The third-order valence-electron chi connectivity index (χ3n) is 3.72. The summed E-state index contributed by atoms with van der Waals surface area (Å²) in [5, 5.41) is 4.25. The Morgan fingerprint density at radius 1 is 1.30 bits per heavy atom. The van der Waals surface area contributed by atoms with Crippen molar-refractivity contribution >= 4 is 11.9 Å². The normalized spacial score (nSPS) is 16.1. The fourth-order valence-corrected chi connectivity index (χ4v) is 2.52. The summed E-state index contributed by atoms with van der Waals surface area (Å²) in [6.07, 6.45) is 6.91. The summed E-state index contributed by atoms with van der Waals surface area (Å²) >= 11 is 0. The molecule has 0 aromatic carbocycles. The highest BCUT2D eigenvalue weighted by molar-refractivity contribution is 5.77. The van der Waals surface area contributed by atoms with Crippen LogP contribution in [0.1, 0.15) is 38.1 Å². The predicted octanol–water partition coefficient (Wildman–Crippen LogP) is 1.39. The van der Waals surface area contributed by atoms with Gasteiger partial charge in [0, 0.05) is 38.3 Å². The van der Waals surface area contributed by atoms with Gasteiger partial charge >= 0.3 is 5.97 Å². The molecule has 0 unspecified atom stereocenters. The SMILES string of the molecule is COC(=O)CCCC(=O)N1CCC(n2cccn2)CC1. The van der Waals surface area contributed by atoms with Crippen molar-refractivity contribution in [1.29, 1.82) is 0 Å². The predicted molar refractivity (Wildman–Crippen MR) is 72.9 cm³/mol. The summed E-state index contributed by atoms with van der Waals surface area (Å²) in [7, 11) is 1.37. The third kappa shape index (κ3) is 3.82. The number of hydrogen-bond donors (Lipinski definition) is 0. The summed E-state index contributed by atoms with van der Waals surface area (Å²) in [6, 6.07) is 2.31. The highest BCUT2D eigenvalue weighted by Crippen LogP contribution is 2.22. The molecule has 1 aliphatic rings. The highest BCUT2D eigenvalue weighted by Gasteiger charge is 2.23. The molecule has 110 valence electrons. The van der Waals surface area contributed by atoms with Gasteiger partial charge in [-0.25, -0.2) is 0 Å². The third-order valence-corrected chi connectivity index (χ3v) is 3.72. The van der Waals surface area contributed by atoms with E-state index in [0.29, 0.717) is 25.3 Å². The van der Waals surface area contributed by atoms with Gasteiger partial charge in [0.1, 0.15) is 0 Å². The molecule has 0 saturated carbocycles. The van der Waals surface area contributed by atoms with Gasteiger partial charge in [-0.15, -0.1) is 0 Å². The molecule has 1 saturated heterocycles. The maximum absolute atomic E-state index is 12.0. The van der Waals surface area contributed by atoms with E-state index in [0.717, 1.165) is 25.9 Å². The van der Waals surface area contributed by atoms with Gasteiger partial charge in [-0.2, -0.15) is 5.10 Å². The van der Waals surface area contributed by atoms with Gasteiger partial charge in [-0.1, -0.05) is 0 Å². The first-order chi connectivity index (χ1) is 9.70. The van der Waals surface area contributed by atoms with Crippen LogP contribution < -0.4 is 0 Å². The molecule has 0 bridgehead atoms. The largest absolute Gasteiger partial charge is 0.469 e. The Morgan fingerprint density at radius 2 is 2.05 bits per heavy atom. The Balaban J connectivity index is 1.70. The molecule has 1 fully saturated rings. The minimum absolute atomic E-state index is 0.132. The molecular formula is C14H21N3O3. The van der Waals surface area contributed by atoms with Gasteiger partial charge in [0.05, 0.1) is 13.2 Å². The zero-order valence-corrected chi connectivity index (χ0v) is 11.8. The zero-order chi connectivity index (χ0) is 14.4. The lowest BCUT2D eigenvalue weighted by molar-refractivity contribution is -0.141. The van der Waals surface area contributed by atoms with E-state index in [-0.39, 0.29) is 11.9 Å². The number of ether oxygens (including phenoxy) is 1. The standard InChI is InChI=1S/C14H21N3O3/c1-20-14(19)5-2-4-13(18)16-10-6-12(7-11-16)17-9-3-8-15-17/h3,8-9,12H,2,4-7,10-11H2,1H3. The van der Waals surface area contributed by atoms with Crippen LogP contribution in [0.2, 0.25) is 0 Å². The summed E-state index contributed by atoms with van der Waals surface area (Å²) < 4.78 is 6.53. The molecule has 0 spiro atoms. The van der Waals surface area contributed by atoms with E-state index in [1.165, 1.54) is 7.11 Å². The number of likely N-dealkylation sites (tertiary alicyclic amines) is 1. The lowest BCUT2D eigenvalue weighted by Gasteiger charge is -2.32. The van der Waals surface area contributed by atoms with Gasteiger partial charge in [-0.05, 0) is 25.3 Å². The molecule has 0 atom stereocenters. The van der Waals surface area contributed by atoms with Crippen molar-refractivity contribution < 1.29 is 14.3 Å². The Kier molecular flexibility index (Phi) is 5.15. The number of methoxy groups -OCH3 is 1. The maximum atomic E-state index is 12.0. The molecule has 0 aliphatic carbocycles. The number of esters is 1. The van der Waals surface area contributed by atoms with Crippen molar-refractivity contribution in [3.8, 4) is 0 Å². The second-order valence-electron chi connectivity index (χ2n) is 5.03. The molecule has 1 aromatic heterocycles. The van der Waals surface area contributed by atoms with E-state index in [1.807, 2.05) is 21.8 Å². The molecule has 1 aromatic rings. The molecule has 20 heavy (non-hydrogen) atoms. The van der Waals surface area contributed by atoms with Crippen molar-refractivity contribution in [2.75, 3.05) is 20.2 Å². The second kappa shape index (κ2) is 7.07. The fourth-order valence-electron chi connectivity index (χ4n) is 2.52. The van der Waals surface area contributed by atoms with Crippen LogP contribution in [0, 0.1) is 0 Å². The van der Waals surface area contributed by atoms with Crippen LogP contribution in [0.3, 0.4) is 0 Å². The van der Waals surface area contributed by atoms with Crippen molar-refractivity contribution in [1.82, 2.24) is 14.7 Å². The molecule has 1 aliphatic heterocycles. The van der Waals surface area contributed by atoms with E-state index in [1.54, 1.807) is 6.20 Å². The Hall–Kier alpha value is -1.85. The average molecular weight is 279 g/mol. The molecule has 2 heterocycles. The first-order valence-corrected chi connectivity index (χ1v) is 7.04. The minimum atomic E-state index is -0.254. The summed E-state index contributed by atoms with van der Waals surface area (Å²) in [5.41, 5.74) is 0. The summed E-state index contributed by atoms with van der Waals surface area (Å²) in [5.74, 6) is -0.122. The Labute approximate surface area is 118 Å². The number of piperidine rings is 1. The van der Waals surface area contributed by atoms with Gasteiger partial charge < -0.3 is 9.64 Å². The number of carbonyl (C=O) groups excluding carboxylic acids is 2. The topological polar surface area (TPSA) is 64.4 Å². The van der Waals surface area contributed by atoms with Crippen LogP contribution in [-0.2, 0) is 14.3 Å². The van der Waals surface area contributed by atoms with Crippen LogP contribution in [-0.4, -0.2) is 46.8 Å². The fraction of sp³-hybridized carbons (Fsp3) is 0.643.